The summed E-state index contributed by atoms with van der Waals surface area (Å²) in [4.78, 5) is 14.3. The van der Waals surface area contributed by atoms with Crippen LogP contribution in [0.3, 0.4) is 0 Å². The maximum absolute atomic E-state index is 4.45. The molecule has 0 radical (unpaired) electrons. The number of para-hydroxylation sites is 1. The van der Waals surface area contributed by atoms with Crippen LogP contribution in [0.2, 0.25) is 0 Å². The van der Waals surface area contributed by atoms with E-state index in [-0.39, 0.29) is 6.04 Å². The summed E-state index contributed by atoms with van der Waals surface area (Å²) in [7, 11) is 2.15. The Balaban J connectivity index is 1.73. The molecule has 5 heteroatoms. The van der Waals surface area contributed by atoms with Gasteiger partial charge in [0.05, 0.1) is 11.4 Å². The second-order valence-corrected chi connectivity index (χ2v) is 5.90. The highest BCUT2D eigenvalue weighted by Crippen LogP contribution is 2.35. The summed E-state index contributed by atoms with van der Waals surface area (Å²) in [6.45, 7) is 3.07. The van der Waals surface area contributed by atoms with Crippen molar-refractivity contribution in [3.05, 3.63) is 47.9 Å². The number of hydrogen-bond acceptors (Lipinski definition) is 4. The first-order valence-electron chi connectivity index (χ1n) is 7.59. The van der Waals surface area contributed by atoms with Crippen LogP contribution in [0, 0.1) is 6.92 Å². The molecule has 112 valence electrons. The highest BCUT2D eigenvalue weighted by atomic mass is 15.1. The van der Waals surface area contributed by atoms with E-state index in [9.17, 15) is 0 Å². The maximum Gasteiger partial charge on any atom is 0.143 e. The summed E-state index contributed by atoms with van der Waals surface area (Å²) in [5, 5.41) is 4.67. The molecule has 3 aromatic rings. The van der Waals surface area contributed by atoms with Crippen molar-refractivity contribution in [3.8, 4) is 0 Å². The highest BCUT2D eigenvalue weighted by molar-refractivity contribution is 5.87. The molecule has 4 rings (SSSR count). The van der Waals surface area contributed by atoms with E-state index in [1.54, 1.807) is 6.33 Å². The van der Waals surface area contributed by atoms with Gasteiger partial charge in [-0.2, -0.15) is 0 Å². The average Bonchev–Trinajstić information content (AvgIpc) is 2.92. The molecule has 0 spiro atoms. The number of fused-ring (bicyclic) bond motifs is 2. The molecule has 22 heavy (non-hydrogen) atoms. The van der Waals surface area contributed by atoms with E-state index in [0.717, 1.165) is 35.5 Å². The molecule has 1 aliphatic heterocycles. The number of benzene rings is 1. The smallest absolute Gasteiger partial charge is 0.143 e. The third kappa shape index (κ3) is 2.09. The monoisotopic (exact) mass is 293 g/mol. The molecule has 0 saturated heterocycles. The predicted octanol–water partition coefficient (Wildman–Crippen LogP) is 3.26. The standard InChI is InChI=1S/C17H19N5/c1-11-9-13-16(20-11)18-10-19-17(13)21-14-7-8-22(2)15-6-4-3-5-12(14)15/h3-6,9-10,14H,7-8H2,1-2H3,(H2,18,19,20,21). The van der Waals surface area contributed by atoms with E-state index in [0.29, 0.717) is 0 Å². The Morgan fingerprint density at radius 3 is 3.05 bits per heavy atom. The Morgan fingerprint density at radius 1 is 1.27 bits per heavy atom. The second kappa shape index (κ2) is 5.02. The van der Waals surface area contributed by atoms with Crippen LogP contribution in [0.25, 0.3) is 11.0 Å². The average molecular weight is 293 g/mol. The molecular formula is C17H19N5. The number of hydrogen-bond donors (Lipinski definition) is 2. The van der Waals surface area contributed by atoms with Crippen molar-refractivity contribution in [1.29, 1.82) is 0 Å². The Hall–Kier alpha value is -2.56. The summed E-state index contributed by atoms with van der Waals surface area (Å²) in [6.07, 6.45) is 2.67. The minimum absolute atomic E-state index is 0.278. The molecule has 0 saturated carbocycles. The van der Waals surface area contributed by atoms with Crippen LogP contribution in [-0.4, -0.2) is 28.5 Å². The van der Waals surface area contributed by atoms with Crippen molar-refractivity contribution in [3.63, 3.8) is 0 Å². The highest BCUT2D eigenvalue weighted by Gasteiger charge is 2.23. The van der Waals surface area contributed by atoms with Gasteiger partial charge in [-0.05, 0) is 31.0 Å². The van der Waals surface area contributed by atoms with Crippen LogP contribution >= 0.6 is 0 Å². The number of rotatable bonds is 2. The van der Waals surface area contributed by atoms with Gasteiger partial charge in [0.15, 0.2) is 0 Å². The van der Waals surface area contributed by atoms with Crippen molar-refractivity contribution in [2.75, 3.05) is 23.8 Å². The number of anilines is 2. The third-order valence-corrected chi connectivity index (χ3v) is 4.35. The molecule has 1 aromatic carbocycles. The predicted molar refractivity (Wildman–Crippen MR) is 89.3 cm³/mol. The van der Waals surface area contributed by atoms with Crippen molar-refractivity contribution in [2.24, 2.45) is 0 Å². The lowest BCUT2D eigenvalue weighted by Gasteiger charge is -2.33. The molecule has 1 atom stereocenters. The van der Waals surface area contributed by atoms with Gasteiger partial charge in [-0.3, -0.25) is 0 Å². The van der Waals surface area contributed by atoms with Crippen molar-refractivity contribution >= 4 is 22.5 Å². The lowest BCUT2D eigenvalue weighted by atomic mass is 9.96. The lowest BCUT2D eigenvalue weighted by Crippen LogP contribution is -2.30. The van der Waals surface area contributed by atoms with E-state index in [1.165, 1.54) is 11.3 Å². The Morgan fingerprint density at radius 2 is 2.14 bits per heavy atom. The van der Waals surface area contributed by atoms with Crippen LogP contribution in [0.4, 0.5) is 11.5 Å². The molecule has 0 bridgehead atoms. The van der Waals surface area contributed by atoms with Crippen LogP contribution in [0.1, 0.15) is 23.7 Å². The molecule has 1 aliphatic rings. The minimum Gasteiger partial charge on any atom is -0.374 e. The number of H-pyrrole nitrogens is 1. The third-order valence-electron chi connectivity index (χ3n) is 4.35. The topological polar surface area (TPSA) is 56.8 Å². The molecular weight excluding hydrogens is 274 g/mol. The number of nitrogens with zero attached hydrogens (tertiary/aromatic N) is 3. The molecule has 0 fully saturated rings. The van der Waals surface area contributed by atoms with Gasteiger partial charge in [0.2, 0.25) is 0 Å². The molecule has 0 aliphatic carbocycles. The fourth-order valence-electron chi connectivity index (χ4n) is 3.23. The van der Waals surface area contributed by atoms with Crippen LogP contribution in [-0.2, 0) is 0 Å². The molecule has 5 nitrogen and oxygen atoms in total. The van der Waals surface area contributed by atoms with E-state index < -0.39 is 0 Å². The molecule has 2 aromatic heterocycles. The van der Waals surface area contributed by atoms with E-state index in [2.05, 4.69) is 62.5 Å². The minimum atomic E-state index is 0.278. The fourth-order valence-corrected chi connectivity index (χ4v) is 3.23. The zero-order chi connectivity index (χ0) is 15.1. The van der Waals surface area contributed by atoms with Crippen molar-refractivity contribution in [2.45, 2.75) is 19.4 Å². The molecule has 0 amide bonds. The summed E-state index contributed by atoms with van der Waals surface area (Å²) in [5.41, 5.74) is 4.61. The van der Waals surface area contributed by atoms with E-state index >= 15 is 0 Å². The first-order valence-corrected chi connectivity index (χ1v) is 7.59. The Labute approximate surface area is 129 Å². The van der Waals surface area contributed by atoms with Crippen LogP contribution < -0.4 is 10.2 Å². The first kappa shape index (κ1) is 13.1. The quantitative estimate of drug-likeness (QED) is 0.761. The number of nitrogens with one attached hydrogen (secondary N) is 2. The van der Waals surface area contributed by atoms with Gasteiger partial charge in [-0.1, -0.05) is 18.2 Å². The molecule has 1 unspecified atom stereocenters. The zero-order valence-corrected chi connectivity index (χ0v) is 12.8. The van der Waals surface area contributed by atoms with Gasteiger partial charge in [-0.15, -0.1) is 0 Å². The SMILES string of the molecule is Cc1cc2c(NC3CCN(C)c4ccccc43)ncnc2[nH]1. The summed E-state index contributed by atoms with van der Waals surface area (Å²) < 4.78 is 0. The van der Waals surface area contributed by atoms with Gasteiger partial charge in [0.25, 0.3) is 0 Å². The number of aromatic nitrogens is 3. The van der Waals surface area contributed by atoms with E-state index in [1.807, 2.05) is 6.92 Å². The maximum atomic E-state index is 4.45. The largest absolute Gasteiger partial charge is 0.374 e. The molecule has 3 heterocycles. The van der Waals surface area contributed by atoms with Crippen molar-refractivity contribution in [1.82, 2.24) is 15.0 Å². The lowest BCUT2D eigenvalue weighted by molar-refractivity contribution is 0.646. The number of aromatic amines is 1. The van der Waals surface area contributed by atoms with Crippen molar-refractivity contribution < 1.29 is 0 Å². The normalized spacial score (nSPS) is 17.5. The summed E-state index contributed by atoms with van der Waals surface area (Å²) in [6, 6.07) is 10.9. The Bertz CT molecular complexity index is 823. The van der Waals surface area contributed by atoms with Gasteiger partial charge < -0.3 is 15.2 Å². The van der Waals surface area contributed by atoms with Crippen LogP contribution in [0.5, 0.6) is 0 Å². The zero-order valence-electron chi connectivity index (χ0n) is 12.8. The van der Waals surface area contributed by atoms with Gasteiger partial charge in [-0.25, -0.2) is 9.97 Å². The number of aryl methyl sites for hydroxylation is 1. The van der Waals surface area contributed by atoms with Gasteiger partial charge in [0.1, 0.15) is 17.8 Å². The first-order chi connectivity index (χ1) is 10.7. The molecule has 2 N–H and O–H groups in total. The second-order valence-electron chi connectivity index (χ2n) is 5.90. The Kier molecular flexibility index (Phi) is 2.99. The summed E-state index contributed by atoms with van der Waals surface area (Å²) >= 11 is 0. The van der Waals surface area contributed by atoms with Gasteiger partial charge >= 0.3 is 0 Å². The fraction of sp³-hybridized carbons (Fsp3) is 0.294. The van der Waals surface area contributed by atoms with E-state index in [4.69, 9.17) is 0 Å². The van der Waals surface area contributed by atoms with Gasteiger partial charge in [0, 0.05) is 25.0 Å². The summed E-state index contributed by atoms with van der Waals surface area (Å²) in [5.74, 6) is 0.902. The van der Waals surface area contributed by atoms with Crippen LogP contribution in [0.15, 0.2) is 36.7 Å².